The molecule has 29 heavy (non-hydrogen) atoms. The van der Waals surface area contributed by atoms with E-state index in [1.807, 2.05) is 45.0 Å². The van der Waals surface area contributed by atoms with E-state index in [1.54, 1.807) is 17.0 Å². The van der Waals surface area contributed by atoms with E-state index in [2.05, 4.69) is 10.2 Å². The molecule has 2 amide bonds. The molecule has 2 N–H and O–H groups in total. The number of phenols is 1. The van der Waals surface area contributed by atoms with E-state index in [1.165, 1.54) is 0 Å². The Morgan fingerprint density at radius 2 is 1.69 bits per heavy atom. The van der Waals surface area contributed by atoms with E-state index in [0.29, 0.717) is 26.2 Å². The monoisotopic (exact) mass is 399 g/mol. The molecule has 1 aliphatic heterocycles. The number of aromatic hydroxyl groups is 1. The van der Waals surface area contributed by atoms with Gasteiger partial charge < -0.3 is 20.1 Å². The number of amides is 2. The van der Waals surface area contributed by atoms with Crippen molar-refractivity contribution in [1.29, 1.82) is 0 Å². The van der Waals surface area contributed by atoms with Crippen LogP contribution in [0.1, 0.15) is 31.1 Å². The quantitative estimate of drug-likeness (QED) is 0.826. The van der Waals surface area contributed by atoms with Gasteiger partial charge in [-0.1, -0.05) is 24.3 Å². The first-order valence-electron chi connectivity index (χ1n) is 9.93. The molecule has 3 rings (SSSR count). The first-order valence-corrected chi connectivity index (χ1v) is 9.93. The van der Waals surface area contributed by atoms with Crippen LogP contribution in [-0.2, 0) is 4.74 Å². The van der Waals surface area contributed by atoms with E-state index in [0.717, 1.165) is 23.9 Å². The molecule has 1 fully saturated rings. The molecular formula is C22H29N3O4. The highest BCUT2D eigenvalue weighted by atomic mass is 16.6. The van der Waals surface area contributed by atoms with Crippen molar-refractivity contribution in [2.45, 2.75) is 26.4 Å². The second kappa shape index (κ2) is 8.69. The summed E-state index contributed by atoms with van der Waals surface area (Å²) in [6.07, 6.45) is -0.280. The van der Waals surface area contributed by atoms with Crippen LogP contribution in [0.2, 0.25) is 0 Å². The Kier molecular flexibility index (Phi) is 6.27. The molecule has 1 heterocycles. The third-order valence-corrected chi connectivity index (χ3v) is 4.85. The van der Waals surface area contributed by atoms with Crippen molar-refractivity contribution in [2.24, 2.45) is 0 Å². The van der Waals surface area contributed by atoms with Crippen LogP contribution in [0.5, 0.6) is 5.75 Å². The van der Waals surface area contributed by atoms with Gasteiger partial charge in [-0.25, -0.2) is 4.79 Å². The SMILES string of the molecule is CC(C)(C)OC(=O)N1CCN(CCNC(=O)c2cc3ccccc3cc2O)CC1. The minimum Gasteiger partial charge on any atom is -0.507 e. The van der Waals surface area contributed by atoms with Crippen molar-refractivity contribution in [2.75, 3.05) is 39.3 Å². The summed E-state index contributed by atoms with van der Waals surface area (Å²) < 4.78 is 5.40. The number of carbonyl (C=O) groups excluding carboxylic acids is 2. The van der Waals surface area contributed by atoms with Crippen molar-refractivity contribution < 1.29 is 19.4 Å². The Labute approximate surface area is 171 Å². The highest BCUT2D eigenvalue weighted by Gasteiger charge is 2.25. The zero-order valence-corrected chi connectivity index (χ0v) is 17.3. The van der Waals surface area contributed by atoms with Gasteiger partial charge in [0.25, 0.3) is 5.91 Å². The molecular weight excluding hydrogens is 370 g/mol. The van der Waals surface area contributed by atoms with Crippen LogP contribution in [0, 0.1) is 0 Å². The number of benzene rings is 2. The van der Waals surface area contributed by atoms with Gasteiger partial charge in [-0.05, 0) is 43.7 Å². The number of phenolic OH excluding ortho intramolecular Hbond substituents is 1. The van der Waals surface area contributed by atoms with Gasteiger partial charge in [-0.2, -0.15) is 0 Å². The summed E-state index contributed by atoms with van der Waals surface area (Å²) in [5.41, 5.74) is -0.217. The van der Waals surface area contributed by atoms with Crippen molar-refractivity contribution >= 4 is 22.8 Å². The number of ether oxygens (including phenoxy) is 1. The number of carbonyl (C=O) groups is 2. The average Bonchev–Trinajstić information content (AvgIpc) is 2.66. The summed E-state index contributed by atoms with van der Waals surface area (Å²) in [7, 11) is 0. The van der Waals surface area contributed by atoms with Crippen LogP contribution >= 0.6 is 0 Å². The average molecular weight is 399 g/mol. The lowest BCUT2D eigenvalue weighted by Crippen LogP contribution is -2.51. The van der Waals surface area contributed by atoms with Crippen molar-refractivity contribution in [3.8, 4) is 5.75 Å². The zero-order chi connectivity index (χ0) is 21.0. The maximum atomic E-state index is 12.5. The van der Waals surface area contributed by atoms with Crippen LogP contribution in [0.4, 0.5) is 4.79 Å². The topological polar surface area (TPSA) is 82.1 Å². The number of piperazine rings is 1. The maximum absolute atomic E-state index is 12.5. The summed E-state index contributed by atoms with van der Waals surface area (Å²) in [5, 5.41) is 14.8. The molecule has 156 valence electrons. The third-order valence-electron chi connectivity index (χ3n) is 4.85. The molecule has 0 spiro atoms. The van der Waals surface area contributed by atoms with Gasteiger partial charge in [0.2, 0.25) is 0 Å². The molecule has 0 unspecified atom stereocenters. The number of nitrogens with zero attached hydrogens (tertiary/aromatic N) is 2. The van der Waals surface area contributed by atoms with Crippen LogP contribution < -0.4 is 5.32 Å². The second-order valence-electron chi connectivity index (χ2n) is 8.28. The van der Waals surface area contributed by atoms with Gasteiger partial charge in [0.05, 0.1) is 5.56 Å². The normalized spacial score (nSPS) is 15.3. The lowest BCUT2D eigenvalue weighted by Gasteiger charge is -2.35. The van der Waals surface area contributed by atoms with Gasteiger partial charge in [0.1, 0.15) is 11.4 Å². The Hall–Kier alpha value is -2.80. The minimum atomic E-state index is -0.493. The van der Waals surface area contributed by atoms with E-state index in [9.17, 15) is 14.7 Å². The van der Waals surface area contributed by atoms with E-state index in [4.69, 9.17) is 4.74 Å². The molecule has 0 aromatic heterocycles. The Morgan fingerprint density at radius 1 is 1.07 bits per heavy atom. The van der Waals surface area contributed by atoms with Crippen molar-refractivity contribution in [3.05, 3.63) is 42.0 Å². The fraction of sp³-hybridized carbons (Fsp3) is 0.455. The van der Waals surface area contributed by atoms with Crippen LogP contribution in [0.15, 0.2) is 36.4 Å². The lowest BCUT2D eigenvalue weighted by atomic mass is 10.1. The Morgan fingerprint density at radius 3 is 2.31 bits per heavy atom. The molecule has 1 aliphatic rings. The van der Waals surface area contributed by atoms with E-state index < -0.39 is 5.60 Å². The predicted molar refractivity (Wildman–Crippen MR) is 112 cm³/mol. The van der Waals surface area contributed by atoms with E-state index in [-0.39, 0.29) is 23.3 Å². The molecule has 0 bridgehead atoms. The Bertz CT molecular complexity index is 883. The first-order chi connectivity index (χ1) is 13.7. The Balaban J connectivity index is 1.46. The van der Waals surface area contributed by atoms with Crippen LogP contribution in [-0.4, -0.2) is 71.8 Å². The second-order valence-corrected chi connectivity index (χ2v) is 8.28. The van der Waals surface area contributed by atoms with Gasteiger partial charge in [-0.15, -0.1) is 0 Å². The molecule has 7 nitrogen and oxygen atoms in total. The number of hydrogen-bond donors (Lipinski definition) is 2. The molecule has 0 saturated carbocycles. The predicted octanol–water partition coefficient (Wildman–Crippen LogP) is 2.83. The molecule has 0 radical (unpaired) electrons. The summed E-state index contributed by atoms with van der Waals surface area (Å²) in [4.78, 5) is 28.5. The summed E-state index contributed by atoms with van der Waals surface area (Å²) in [6, 6.07) is 10.9. The van der Waals surface area contributed by atoms with Gasteiger partial charge in [0, 0.05) is 39.3 Å². The van der Waals surface area contributed by atoms with Gasteiger partial charge in [-0.3, -0.25) is 9.69 Å². The summed E-state index contributed by atoms with van der Waals surface area (Å²) in [5.74, 6) is -0.312. The van der Waals surface area contributed by atoms with Gasteiger partial charge in [0.15, 0.2) is 0 Å². The molecule has 0 aliphatic carbocycles. The summed E-state index contributed by atoms with van der Waals surface area (Å²) in [6.45, 7) is 9.40. The first kappa shape index (κ1) is 20.9. The van der Waals surface area contributed by atoms with Crippen LogP contribution in [0.3, 0.4) is 0 Å². The van der Waals surface area contributed by atoms with Gasteiger partial charge >= 0.3 is 6.09 Å². The third kappa shape index (κ3) is 5.60. The van der Waals surface area contributed by atoms with Crippen LogP contribution in [0.25, 0.3) is 10.8 Å². The summed E-state index contributed by atoms with van der Waals surface area (Å²) >= 11 is 0. The highest BCUT2D eigenvalue weighted by molar-refractivity contribution is 6.01. The minimum absolute atomic E-state index is 0.0211. The van der Waals surface area contributed by atoms with E-state index >= 15 is 0 Å². The maximum Gasteiger partial charge on any atom is 0.410 e. The molecule has 7 heteroatoms. The van der Waals surface area contributed by atoms with Crippen molar-refractivity contribution in [1.82, 2.24) is 15.1 Å². The number of rotatable bonds is 4. The van der Waals surface area contributed by atoms with Crippen molar-refractivity contribution in [3.63, 3.8) is 0 Å². The standard InChI is InChI=1S/C22H29N3O4/c1-22(2,3)29-21(28)25-12-10-24(11-13-25)9-8-23-20(27)18-14-16-6-4-5-7-17(16)15-19(18)26/h4-7,14-15,26H,8-13H2,1-3H3,(H,23,27). The number of fused-ring (bicyclic) bond motifs is 1. The lowest BCUT2D eigenvalue weighted by molar-refractivity contribution is 0.0147. The molecule has 0 atom stereocenters. The molecule has 2 aromatic carbocycles. The number of nitrogens with one attached hydrogen (secondary N) is 1. The number of hydrogen-bond acceptors (Lipinski definition) is 5. The highest BCUT2D eigenvalue weighted by Crippen LogP contribution is 2.24. The zero-order valence-electron chi connectivity index (χ0n) is 17.3. The molecule has 1 saturated heterocycles. The fourth-order valence-corrected chi connectivity index (χ4v) is 3.31. The largest absolute Gasteiger partial charge is 0.507 e. The molecule has 2 aromatic rings. The fourth-order valence-electron chi connectivity index (χ4n) is 3.31. The smallest absolute Gasteiger partial charge is 0.410 e.